The van der Waals surface area contributed by atoms with Crippen LogP contribution in [0.5, 0.6) is 23.0 Å². The van der Waals surface area contributed by atoms with Gasteiger partial charge >= 0.3 is 11.9 Å². The molecule has 44 heavy (non-hydrogen) atoms. The topological polar surface area (TPSA) is 143 Å². The van der Waals surface area contributed by atoms with Gasteiger partial charge in [0.25, 0.3) is 5.91 Å². The zero-order valence-electron chi connectivity index (χ0n) is 23.9. The number of hydrogen-bond acceptors (Lipinski definition) is 8. The molecule has 0 spiro atoms. The predicted octanol–water partition coefficient (Wildman–Crippen LogP) is 6.06. The van der Waals surface area contributed by atoms with Gasteiger partial charge in [0.15, 0.2) is 17.6 Å². The molecule has 1 atom stereocenters. The molecule has 1 aliphatic rings. The first-order valence-corrected chi connectivity index (χ1v) is 14.9. The standard InChI is InChI=1S/C33H32N2O8S/c1-20-28(41-19-27(36)37)31(33(39)40)44-30(20)22-7-5-11-25(17-22)43-29(21-13-15-34-16-14-21)32(38)35-23-8-6-12-26(18-23)42-24-9-3-2-4-10-24/h2-12,17-18,21,29,34H,13-16,19H2,1H3,(H,35,38)(H,36,37)(H,39,40). The van der Waals surface area contributed by atoms with Crippen LogP contribution in [0, 0.1) is 12.8 Å². The average Bonchev–Trinajstić information content (AvgIpc) is 3.36. The molecule has 11 heteroatoms. The quantitative estimate of drug-likeness (QED) is 0.149. The number of anilines is 1. The number of hydrogen-bond donors (Lipinski definition) is 4. The highest BCUT2D eigenvalue weighted by Gasteiger charge is 2.32. The first kappa shape index (κ1) is 30.6. The number of carboxylic acid groups (broad SMARTS) is 2. The molecule has 10 nitrogen and oxygen atoms in total. The van der Waals surface area contributed by atoms with Crippen molar-refractivity contribution in [1.82, 2.24) is 5.32 Å². The molecule has 0 saturated carbocycles. The zero-order chi connectivity index (χ0) is 31.1. The third-order valence-electron chi connectivity index (χ3n) is 7.14. The fraction of sp³-hybridized carbons (Fsp3) is 0.242. The highest BCUT2D eigenvalue weighted by Crippen LogP contribution is 2.42. The fourth-order valence-electron chi connectivity index (χ4n) is 5.07. The van der Waals surface area contributed by atoms with Crippen LogP contribution >= 0.6 is 11.3 Å². The van der Waals surface area contributed by atoms with E-state index < -0.39 is 24.6 Å². The van der Waals surface area contributed by atoms with Crippen molar-refractivity contribution in [3.8, 4) is 33.4 Å². The highest BCUT2D eigenvalue weighted by molar-refractivity contribution is 7.18. The number of benzene rings is 3. The molecule has 5 rings (SSSR count). The van der Waals surface area contributed by atoms with Crippen molar-refractivity contribution in [3.63, 3.8) is 0 Å². The van der Waals surface area contributed by atoms with Gasteiger partial charge in [-0.1, -0.05) is 36.4 Å². The van der Waals surface area contributed by atoms with E-state index in [-0.39, 0.29) is 22.5 Å². The summed E-state index contributed by atoms with van der Waals surface area (Å²) in [5, 5.41) is 25.1. The van der Waals surface area contributed by atoms with E-state index in [9.17, 15) is 19.5 Å². The van der Waals surface area contributed by atoms with E-state index in [0.29, 0.717) is 38.9 Å². The minimum absolute atomic E-state index is 0.0247. The lowest BCUT2D eigenvalue weighted by atomic mass is 9.91. The Bertz CT molecular complexity index is 1630. The van der Waals surface area contributed by atoms with Gasteiger partial charge in [0, 0.05) is 28.1 Å². The molecule has 0 aliphatic carbocycles. The Morgan fingerprint density at radius 2 is 1.64 bits per heavy atom. The van der Waals surface area contributed by atoms with Gasteiger partial charge in [0.2, 0.25) is 0 Å². The molecule has 228 valence electrons. The smallest absolute Gasteiger partial charge is 0.349 e. The van der Waals surface area contributed by atoms with Crippen LogP contribution in [0.25, 0.3) is 10.4 Å². The van der Waals surface area contributed by atoms with E-state index in [4.69, 9.17) is 19.3 Å². The Morgan fingerprint density at radius 3 is 2.36 bits per heavy atom. The number of nitrogens with one attached hydrogen (secondary N) is 2. The summed E-state index contributed by atoms with van der Waals surface area (Å²) in [5.74, 6) is -1.01. The van der Waals surface area contributed by atoms with E-state index in [0.717, 1.165) is 37.3 Å². The number of ether oxygens (including phenoxy) is 3. The molecule has 0 bridgehead atoms. The summed E-state index contributed by atoms with van der Waals surface area (Å²) >= 11 is 0.992. The summed E-state index contributed by atoms with van der Waals surface area (Å²) in [6, 6.07) is 23.6. The van der Waals surface area contributed by atoms with Crippen molar-refractivity contribution < 1.29 is 38.8 Å². The monoisotopic (exact) mass is 616 g/mol. The highest BCUT2D eigenvalue weighted by atomic mass is 32.1. The first-order valence-electron chi connectivity index (χ1n) is 14.1. The molecule has 1 aliphatic heterocycles. The molecule has 0 radical (unpaired) electrons. The van der Waals surface area contributed by atoms with Gasteiger partial charge < -0.3 is 35.1 Å². The molecule has 4 aromatic rings. The van der Waals surface area contributed by atoms with Crippen molar-refractivity contribution >= 4 is 34.9 Å². The maximum atomic E-state index is 13.7. The number of carboxylic acids is 2. The van der Waals surface area contributed by atoms with Crippen LogP contribution in [0.1, 0.15) is 28.1 Å². The van der Waals surface area contributed by atoms with Crippen molar-refractivity contribution in [1.29, 1.82) is 0 Å². The van der Waals surface area contributed by atoms with E-state index in [1.165, 1.54) is 0 Å². The van der Waals surface area contributed by atoms with Crippen LogP contribution in [0.4, 0.5) is 5.69 Å². The van der Waals surface area contributed by atoms with Crippen molar-refractivity contribution in [2.75, 3.05) is 25.0 Å². The third kappa shape index (κ3) is 7.55. The number of amides is 1. The zero-order valence-corrected chi connectivity index (χ0v) is 24.8. The number of carbonyl (C=O) groups excluding carboxylic acids is 1. The van der Waals surface area contributed by atoms with Crippen LogP contribution in [0.15, 0.2) is 78.9 Å². The average molecular weight is 617 g/mol. The molecule has 1 amide bonds. The number of piperidine rings is 1. The number of thiophene rings is 1. The Hall–Kier alpha value is -4.87. The Balaban J connectivity index is 1.38. The van der Waals surface area contributed by atoms with Gasteiger partial charge in [-0.3, -0.25) is 4.79 Å². The van der Waals surface area contributed by atoms with E-state index in [1.807, 2.05) is 36.4 Å². The van der Waals surface area contributed by atoms with Gasteiger partial charge in [0.05, 0.1) is 0 Å². The summed E-state index contributed by atoms with van der Waals surface area (Å²) in [4.78, 5) is 37.2. The molecule has 3 aromatic carbocycles. The van der Waals surface area contributed by atoms with E-state index in [2.05, 4.69) is 10.6 Å². The van der Waals surface area contributed by atoms with Crippen LogP contribution in [-0.4, -0.2) is 53.9 Å². The number of para-hydroxylation sites is 1. The predicted molar refractivity (Wildman–Crippen MR) is 166 cm³/mol. The Morgan fingerprint density at radius 1 is 0.932 bits per heavy atom. The second-order valence-electron chi connectivity index (χ2n) is 10.3. The Kier molecular flexibility index (Phi) is 9.78. The lowest BCUT2D eigenvalue weighted by Gasteiger charge is -2.30. The number of rotatable bonds is 12. The normalized spacial score (nSPS) is 13.9. The lowest BCUT2D eigenvalue weighted by molar-refractivity contribution is -0.139. The third-order valence-corrected chi connectivity index (χ3v) is 8.45. The van der Waals surface area contributed by atoms with Gasteiger partial charge in [-0.05, 0) is 74.8 Å². The number of aromatic carboxylic acids is 1. The summed E-state index contributed by atoms with van der Waals surface area (Å²) in [6.45, 7) is 2.56. The summed E-state index contributed by atoms with van der Waals surface area (Å²) in [7, 11) is 0. The molecular weight excluding hydrogens is 584 g/mol. The van der Waals surface area contributed by atoms with Crippen molar-refractivity contribution in [2.45, 2.75) is 25.9 Å². The summed E-state index contributed by atoms with van der Waals surface area (Å²) < 4.78 is 17.6. The molecule has 4 N–H and O–H groups in total. The van der Waals surface area contributed by atoms with Crippen molar-refractivity contribution in [3.05, 3.63) is 89.3 Å². The number of carbonyl (C=O) groups is 3. The maximum Gasteiger partial charge on any atom is 0.349 e. The second-order valence-corrected chi connectivity index (χ2v) is 11.3. The molecule has 1 unspecified atom stereocenters. The van der Waals surface area contributed by atoms with Crippen LogP contribution < -0.4 is 24.8 Å². The SMILES string of the molecule is Cc1c(-c2cccc(OC(C(=O)Nc3cccc(Oc4ccccc4)c3)C3CCNCC3)c2)sc(C(=O)O)c1OCC(=O)O. The molecule has 2 heterocycles. The fourth-order valence-corrected chi connectivity index (χ4v) is 6.15. The summed E-state index contributed by atoms with van der Waals surface area (Å²) in [6.07, 6.45) is 0.718. The molecular formula is C33H32N2O8S. The lowest BCUT2D eigenvalue weighted by Crippen LogP contribution is -2.44. The van der Waals surface area contributed by atoms with Crippen LogP contribution in [-0.2, 0) is 9.59 Å². The Labute approximate surface area is 258 Å². The number of aliphatic carboxylic acids is 1. The van der Waals surface area contributed by atoms with Gasteiger partial charge in [-0.25, -0.2) is 9.59 Å². The van der Waals surface area contributed by atoms with Crippen LogP contribution in [0.3, 0.4) is 0 Å². The van der Waals surface area contributed by atoms with Crippen LogP contribution in [0.2, 0.25) is 0 Å². The molecule has 1 aromatic heterocycles. The van der Waals surface area contributed by atoms with Crippen molar-refractivity contribution in [2.24, 2.45) is 5.92 Å². The van der Waals surface area contributed by atoms with E-state index >= 15 is 0 Å². The minimum Gasteiger partial charge on any atom is -0.480 e. The molecule has 1 saturated heterocycles. The maximum absolute atomic E-state index is 13.7. The largest absolute Gasteiger partial charge is 0.480 e. The molecule has 1 fully saturated rings. The first-order chi connectivity index (χ1) is 21.3. The van der Waals surface area contributed by atoms with Gasteiger partial charge in [-0.2, -0.15) is 0 Å². The minimum atomic E-state index is -1.21. The van der Waals surface area contributed by atoms with Gasteiger partial charge in [-0.15, -0.1) is 11.3 Å². The summed E-state index contributed by atoms with van der Waals surface area (Å²) in [5.41, 5.74) is 1.74. The second kappa shape index (κ2) is 14.1. The van der Waals surface area contributed by atoms with E-state index in [1.54, 1.807) is 49.4 Å². The van der Waals surface area contributed by atoms with Gasteiger partial charge in [0.1, 0.15) is 23.0 Å².